The molecule has 0 unspecified atom stereocenters. The average molecular weight is 570 g/mol. The predicted molar refractivity (Wildman–Crippen MR) is 128 cm³/mol. The molecule has 2 rings (SSSR count). The van der Waals surface area contributed by atoms with Gasteiger partial charge in [-0.05, 0) is 24.5 Å². The minimum absolute atomic E-state index is 0. The smallest absolute Gasteiger partial charge is 0.169 e. The van der Waals surface area contributed by atoms with Gasteiger partial charge in [0.15, 0.2) is 24.8 Å². The zero-order chi connectivity index (χ0) is 21.3. The number of hydrogen-bond acceptors (Lipinski definition) is 0. The molecule has 0 saturated heterocycles. The van der Waals surface area contributed by atoms with Crippen molar-refractivity contribution in [1.29, 1.82) is 0 Å². The Balaban J connectivity index is 0.00000480. The standard InChI is InChI=1S/C28H46N2.2BrH/c1-3-5-6-7-8-9-10-11-12-13-14-15-16-17-22-30-25-20-28(21-26-30)27-18-23-29(4-2)24-19-27;;/h18-21,23-26H,3-17,22H2,1-2H3;2*1H/q+2;;/p-2. The van der Waals surface area contributed by atoms with Crippen LogP contribution in [0.5, 0.6) is 0 Å². The van der Waals surface area contributed by atoms with E-state index in [4.69, 9.17) is 0 Å². The zero-order valence-corrected chi connectivity index (χ0v) is 23.8. The molecule has 0 bridgehead atoms. The van der Waals surface area contributed by atoms with Gasteiger partial charge in [-0.25, -0.2) is 9.13 Å². The highest BCUT2D eigenvalue weighted by molar-refractivity contribution is 5.60. The van der Waals surface area contributed by atoms with E-state index in [2.05, 4.69) is 72.0 Å². The third kappa shape index (κ3) is 13.7. The Bertz CT molecular complexity index is 656. The van der Waals surface area contributed by atoms with E-state index >= 15 is 0 Å². The first-order chi connectivity index (χ1) is 14.8. The van der Waals surface area contributed by atoms with Crippen molar-refractivity contribution in [2.24, 2.45) is 0 Å². The number of unbranched alkanes of at least 4 members (excludes halogenated alkanes) is 13. The summed E-state index contributed by atoms with van der Waals surface area (Å²) in [6, 6.07) is 8.90. The van der Waals surface area contributed by atoms with Crippen molar-refractivity contribution in [3.63, 3.8) is 0 Å². The van der Waals surface area contributed by atoms with Crippen LogP contribution in [0.3, 0.4) is 0 Å². The highest BCUT2D eigenvalue weighted by Crippen LogP contribution is 2.16. The van der Waals surface area contributed by atoms with Crippen LogP contribution in [0.2, 0.25) is 0 Å². The molecule has 2 heterocycles. The van der Waals surface area contributed by atoms with Crippen LogP contribution >= 0.6 is 0 Å². The first kappa shape index (κ1) is 31.3. The molecular weight excluding hydrogens is 524 g/mol. The summed E-state index contributed by atoms with van der Waals surface area (Å²) in [7, 11) is 0. The number of aromatic nitrogens is 2. The van der Waals surface area contributed by atoms with Crippen molar-refractivity contribution in [3.05, 3.63) is 49.1 Å². The molecule has 0 N–H and O–H groups in total. The third-order valence-electron chi connectivity index (χ3n) is 6.25. The summed E-state index contributed by atoms with van der Waals surface area (Å²) < 4.78 is 4.53. The summed E-state index contributed by atoms with van der Waals surface area (Å²) >= 11 is 0. The van der Waals surface area contributed by atoms with Gasteiger partial charge >= 0.3 is 0 Å². The molecule has 2 nitrogen and oxygen atoms in total. The summed E-state index contributed by atoms with van der Waals surface area (Å²) in [5.41, 5.74) is 2.60. The van der Waals surface area contributed by atoms with Gasteiger partial charge in [0.25, 0.3) is 0 Å². The molecule has 0 aliphatic rings. The molecule has 32 heavy (non-hydrogen) atoms. The van der Waals surface area contributed by atoms with Gasteiger partial charge in [-0.2, -0.15) is 0 Å². The Morgan fingerprint density at radius 1 is 0.469 bits per heavy atom. The van der Waals surface area contributed by atoms with E-state index in [1.807, 2.05) is 0 Å². The number of rotatable bonds is 17. The van der Waals surface area contributed by atoms with Gasteiger partial charge in [-0.1, -0.05) is 84.0 Å². The van der Waals surface area contributed by atoms with Gasteiger partial charge in [0.05, 0.1) is 0 Å². The number of nitrogens with zero attached hydrogens (tertiary/aromatic N) is 2. The van der Waals surface area contributed by atoms with Crippen LogP contribution in [0.1, 0.15) is 104 Å². The Labute approximate surface area is 219 Å². The van der Waals surface area contributed by atoms with Gasteiger partial charge in [-0.15, -0.1) is 0 Å². The fourth-order valence-corrected chi connectivity index (χ4v) is 4.15. The van der Waals surface area contributed by atoms with E-state index < -0.39 is 0 Å². The fraction of sp³-hybridized carbons (Fsp3) is 0.643. The van der Waals surface area contributed by atoms with Crippen molar-refractivity contribution in [2.45, 2.75) is 117 Å². The van der Waals surface area contributed by atoms with Crippen LogP contribution in [0, 0.1) is 0 Å². The topological polar surface area (TPSA) is 7.76 Å². The lowest BCUT2D eigenvalue weighted by molar-refractivity contribution is -0.697. The Hall–Kier alpha value is -0.740. The van der Waals surface area contributed by atoms with Crippen molar-refractivity contribution in [1.82, 2.24) is 0 Å². The van der Waals surface area contributed by atoms with E-state index in [1.165, 1.54) is 101 Å². The summed E-state index contributed by atoms with van der Waals surface area (Å²) in [6.07, 6.45) is 28.7. The largest absolute Gasteiger partial charge is 1.00 e. The maximum atomic E-state index is 2.33. The van der Waals surface area contributed by atoms with Gasteiger partial charge in [0.1, 0.15) is 13.1 Å². The molecule has 0 fully saturated rings. The van der Waals surface area contributed by atoms with Crippen molar-refractivity contribution < 1.29 is 43.1 Å². The van der Waals surface area contributed by atoms with Gasteiger partial charge in [0, 0.05) is 30.7 Å². The van der Waals surface area contributed by atoms with Crippen molar-refractivity contribution >= 4 is 0 Å². The molecule has 0 amide bonds. The monoisotopic (exact) mass is 568 g/mol. The van der Waals surface area contributed by atoms with E-state index in [0.29, 0.717) is 0 Å². The number of halogens is 2. The highest BCUT2D eigenvalue weighted by Gasteiger charge is 2.05. The quantitative estimate of drug-likeness (QED) is 0.201. The lowest BCUT2D eigenvalue weighted by Crippen LogP contribution is -3.00. The molecule has 0 aliphatic heterocycles. The van der Waals surface area contributed by atoms with Crippen LogP contribution in [-0.2, 0) is 13.1 Å². The zero-order valence-electron chi connectivity index (χ0n) is 20.6. The fourth-order valence-electron chi connectivity index (χ4n) is 4.15. The first-order valence-corrected chi connectivity index (χ1v) is 12.8. The summed E-state index contributed by atoms with van der Waals surface area (Å²) in [4.78, 5) is 0. The SMILES string of the molecule is CCCCCCCCCCCCCCCC[n+]1ccc(-c2cc[n+](CC)cc2)cc1.[Br-].[Br-]. The molecule has 4 heteroatoms. The molecule has 0 aromatic carbocycles. The molecule has 0 radical (unpaired) electrons. The second-order valence-corrected chi connectivity index (χ2v) is 8.84. The lowest BCUT2D eigenvalue weighted by Gasteiger charge is -2.03. The number of aryl methyl sites for hydroxylation is 2. The van der Waals surface area contributed by atoms with E-state index in [9.17, 15) is 0 Å². The van der Waals surface area contributed by atoms with Gasteiger partial charge in [0.2, 0.25) is 0 Å². The Kier molecular flexibility index (Phi) is 20.4. The molecular formula is C28H46Br2N2. The van der Waals surface area contributed by atoms with Crippen LogP contribution in [0.15, 0.2) is 49.1 Å². The van der Waals surface area contributed by atoms with Gasteiger partial charge in [-0.3, -0.25) is 0 Å². The van der Waals surface area contributed by atoms with Crippen molar-refractivity contribution in [3.8, 4) is 11.1 Å². The minimum Gasteiger partial charge on any atom is -1.00 e. The average Bonchev–Trinajstić information content (AvgIpc) is 2.80. The van der Waals surface area contributed by atoms with E-state index in [0.717, 1.165) is 13.1 Å². The van der Waals surface area contributed by atoms with E-state index in [-0.39, 0.29) is 34.0 Å². The number of hydrogen-bond donors (Lipinski definition) is 0. The highest BCUT2D eigenvalue weighted by atomic mass is 79.9. The van der Waals surface area contributed by atoms with Crippen molar-refractivity contribution in [2.75, 3.05) is 0 Å². The lowest BCUT2D eigenvalue weighted by atomic mass is 10.0. The Morgan fingerprint density at radius 2 is 0.812 bits per heavy atom. The first-order valence-electron chi connectivity index (χ1n) is 12.8. The molecule has 0 atom stereocenters. The molecule has 2 aromatic heterocycles. The van der Waals surface area contributed by atoms with Crippen LogP contribution < -0.4 is 43.1 Å². The predicted octanol–water partition coefficient (Wildman–Crippen LogP) is 1.44. The van der Waals surface area contributed by atoms with Gasteiger partial charge < -0.3 is 34.0 Å². The Morgan fingerprint density at radius 3 is 1.19 bits per heavy atom. The van der Waals surface area contributed by atoms with Crippen LogP contribution in [0.25, 0.3) is 11.1 Å². The maximum absolute atomic E-state index is 2.33. The van der Waals surface area contributed by atoms with E-state index in [1.54, 1.807) is 0 Å². The normalized spacial score (nSPS) is 10.4. The molecule has 2 aromatic rings. The second-order valence-electron chi connectivity index (χ2n) is 8.84. The minimum atomic E-state index is 0. The summed E-state index contributed by atoms with van der Waals surface area (Å²) in [5.74, 6) is 0. The molecule has 0 spiro atoms. The molecule has 0 aliphatic carbocycles. The molecule has 182 valence electrons. The maximum Gasteiger partial charge on any atom is 0.169 e. The third-order valence-corrected chi connectivity index (χ3v) is 6.25. The second kappa shape index (κ2) is 20.8. The summed E-state index contributed by atoms with van der Waals surface area (Å²) in [5, 5.41) is 0. The van der Waals surface area contributed by atoms with Crippen LogP contribution in [-0.4, -0.2) is 0 Å². The number of pyridine rings is 2. The van der Waals surface area contributed by atoms with Crippen LogP contribution in [0.4, 0.5) is 0 Å². The summed E-state index contributed by atoms with van der Waals surface area (Å²) in [6.45, 7) is 6.63. The molecule has 0 saturated carbocycles.